The number of carbonyl (C=O) groups excluding carboxylic acids is 1. The number of hydrogen-bond acceptors (Lipinski definition) is 1. The minimum Gasteiger partial charge on any atom is -0.300 e. The van der Waals surface area contributed by atoms with E-state index in [1.807, 2.05) is 0 Å². The second kappa shape index (κ2) is 9.41. The number of hydrogen-bond donors (Lipinski definition) is 0. The summed E-state index contributed by atoms with van der Waals surface area (Å²) in [7, 11) is 0. The van der Waals surface area contributed by atoms with E-state index in [4.69, 9.17) is 0 Å². The molecule has 0 radical (unpaired) electrons. The minimum atomic E-state index is 0. The van der Waals surface area contributed by atoms with Gasteiger partial charge >= 0.3 is 0 Å². The van der Waals surface area contributed by atoms with Crippen LogP contribution in [0.1, 0.15) is 49.0 Å². The summed E-state index contributed by atoms with van der Waals surface area (Å²) < 4.78 is 0. The summed E-state index contributed by atoms with van der Waals surface area (Å²) in [6.45, 7) is 11.5. The lowest BCUT2D eigenvalue weighted by molar-refractivity contribution is -0.114. The standard InChI is InChI=1S/C6H12.C3H6O.CH4/c1-5(2)6(3)4;1-3(2)4;/h1-4H3;1-2H3;1H4. The lowest BCUT2D eigenvalue weighted by Crippen LogP contribution is -1.69. The maximum atomic E-state index is 9.44. The molecule has 0 saturated heterocycles. The van der Waals surface area contributed by atoms with E-state index in [1.54, 1.807) is 0 Å². The molecule has 0 heterocycles. The minimum absolute atomic E-state index is 0. The second-order valence-electron chi connectivity index (χ2n) is 2.91. The van der Waals surface area contributed by atoms with Crippen LogP contribution >= 0.6 is 0 Å². The molecule has 0 bridgehead atoms. The second-order valence-corrected chi connectivity index (χ2v) is 2.91. The highest BCUT2D eigenvalue weighted by Gasteiger charge is 1.75. The Bertz CT molecular complexity index is 110. The van der Waals surface area contributed by atoms with Gasteiger partial charge in [-0.3, -0.25) is 0 Å². The summed E-state index contributed by atoms with van der Waals surface area (Å²) in [6.07, 6.45) is 0. The number of Topliss-reactive ketones (excluding diaryl/α,β-unsaturated/α-hetero) is 1. The van der Waals surface area contributed by atoms with E-state index in [9.17, 15) is 4.79 Å². The molecule has 0 aromatic carbocycles. The average Bonchev–Trinajstić information content (AvgIpc) is 1.63. The zero-order valence-corrected chi connectivity index (χ0v) is 7.91. The van der Waals surface area contributed by atoms with Gasteiger partial charge in [-0.1, -0.05) is 18.6 Å². The predicted octanol–water partition coefficient (Wildman–Crippen LogP) is 3.59. The molecule has 0 spiro atoms. The van der Waals surface area contributed by atoms with Gasteiger partial charge < -0.3 is 4.79 Å². The molecule has 0 aromatic rings. The first kappa shape index (κ1) is 16.8. The van der Waals surface area contributed by atoms with Crippen LogP contribution < -0.4 is 0 Å². The van der Waals surface area contributed by atoms with E-state index in [0.29, 0.717) is 0 Å². The lowest BCUT2D eigenvalue weighted by atomic mass is 10.2. The van der Waals surface area contributed by atoms with Crippen LogP contribution in [0, 0.1) is 0 Å². The Morgan fingerprint density at radius 3 is 0.818 bits per heavy atom. The molecule has 0 unspecified atom stereocenters. The molecule has 0 saturated carbocycles. The van der Waals surface area contributed by atoms with Gasteiger partial charge in [-0.05, 0) is 41.5 Å². The zero-order valence-electron chi connectivity index (χ0n) is 7.91. The Morgan fingerprint density at radius 2 is 0.818 bits per heavy atom. The first-order valence-corrected chi connectivity index (χ1v) is 3.45. The Labute approximate surface area is 71.5 Å². The molecule has 0 aliphatic heterocycles. The van der Waals surface area contributed by atoms with Gasteiger partial charge in [0, 0.05) is 0 Å². The number of rotatable bonds is 0. The van der Waals surface area contributed by atoms with Crippen molar-refractivity contribution in [3.05, 3.63) is 11.1 Å². The third kappa shape index (κ3) is 44.4. The molecule has 0 fully saturated rings. The monoisotopic (exact) mass is 158 g/mol. The average molecular weight is 158 g/mol. The van der Waals surface area contributed by atoms with Crippen molar-refractivity contribution in [3.63, 3.8) is 0 Å². The highest BCUT2D eigenvalue weighted by Crippen LogP contribution is 1.96. The van der Waals surface area contributed by atoms with Crippen LogP contribution in [-0.2, 0) is 4.79 Å². The number of ketones is 1. The van der Waals surface area contributed by atoms with Crippen LogP contribution in [0.5, 0.6) is 0 Å². The van der Waals surface area contributed by atoms with E-state index < -0.39 is 0 Å². The molecule has 0 rings (SSSR count). The third-order valence-electron chi connectivity index (χ3n) is 1.00. The molecular weight excluding hydrogens is 136 g/mol. The SMILES string of the molecule is C.CC(C)=C(C)C.CC(C)=O. The number of carbonyl (C=O) groups is 1. The van der Waals surface area contributed by atoms with Crippen molar-refractivity contribution >= 4 is 5.78 Å². The van der Waals surface area contributed by atoms with Gasteiger partial charge in [0.1, 0.15) is 5.78 Å². The van der Waals surface area contributed by atoms with Crippen molar-refractivity contribution in [1.29, 1.82) is 0 Å². The van der Waals surface area contributed by atoms with Crippen molar-refractivity contribution in [2.45, 2.75) is 49.0 Å². The molecular formula is C10H22O. The molecule has 1 heteroatoms. The van der Waals surface area contributed by atoms with E-state index in [2.05, 4.69) is 27.7 Å². The fourth-order valence-electron chi connectivity index (χ4n) is 0. The van der Waals surface area contributed by atoms with Crippen LogP contribution in [-0.4, -0.2) is 5.78 Å². The maximum absolute atomic E-state index is 9.44. The fourth-order valence-corrected chi connectivity index (χ4v) is 0. The van der Waals surface area contributed by atoms with E-state index in [-0.39, 0.29) is 13.2 Å². The molecule has 0 amide bonds. The number of allylic oxidation sites excluding steroid dienone is 2. The Kier molecular flexibility index (Phi) is 14.4. The molecule has 0 aliphatic rings. The molecule has 0 aliphatic carbocycles. The van der Waals surface area contributed by atoms with Gasteiger partial charge in [0.25, 0.3) is 0 Å². The van der Waals surface area contributed by atoms with E-state index >= 15 is 0 Å². The van der Waals surface area contributed by atoms with Crippen LogP contribution in [0.15, 0.2) is 11.1 Å². The van der Waals surface area contributed by atoms with Crippen molar-refractivity contribution < 1.29 is 4.79 Å². The van der Waals surface area contributed by atoms with Gasteiger partial charge in [0.15, 0.2) is 0 Å². The van der Waals surface area contributed by atoms with Crippen molar-refractivity contribution in [3.8, 4) is 0 Å². The molecule has 1 nitrogen and oxygen atoms in total. The topological polar surface area (TPSA) is 17.1 Å². The van der Waals surface area contributed by atoms with Gasteiger partial charge in [-0.2, -0.15) is 0 Å². The molecule has 68 valence electrons. The third-order valence-corrected chi connectivity index (χ3v) is 1.00. The Balaban J connectivity index is -0.000000114. The molecule has 0 aromatic heterocycles. The normalized spacial score (nSPS) is 6.73. The highest BCUT2D eigenvalue weighted by molar-refractivity contribution is 5.72. The molecule has 11 heavy (non-hydrogen) atoms. The van der Waals surface area contributed by atoms with Crippen molar-refractivity contribution in [2.24, 2.45) is 0 Å². The van der Waals surface area contributed by atoms with Gasteiger partial charge in [-0.15, -0.1) is 0 Å². The predicted molar refractivity (Wildman–Crippen MR) is 52.8 cm³/mol. The van der Waals surface area contributed by atoms with Crippen LogP contribution in [0.4, 0.5) is 0 Å². The van der Waals surface area contributed by atoms with E-state index in [1.165, 1.54) is 25.0 Å². The summed E-state index contributed by atoms with van der Waals surface area (Å²) in [6, 6.07) is 0. The van der Waals surface area contributed by atoms with Crippen molar-refractivity contribution in [2.75, 3.05) is 0 Å². The summed E-state index contributed by atoms with van der Waals surface area (Å²) in [4.78, 5) is 9.44. The Hall–Kier alpha value is -0.590. The quantitative estimate of drug-likeness (QED) is 0.492. The van der Waals surface area contributed by atoms with Gasteiger partial charge in [0.2, 0.25) is 0 Å². The Morgan fingerprint density at radius 1 is 0.727 bits per heavy atom. The maximum Gasteiger partial charge on any atom is 0.126 e. The van der Waals surface area contributed by atoms with Crippen LogP contribution in [0.2, 0.25) is 0 Å². The van der Waals surface area contributed by atoms with Crippen LogP contribution in [0.25, 0.3) is 0 Å². The summed E-state index contributed by atoms with van der Waals surface area (Å²) in [5.41, 5.74) is 2.85. The summed E-state index contributed by atoms with van der Waals surface area (Å²) >= 11 is 0. The first-order valence-electron chi connectivity index (χ1n) is 3.45. The smallest absolute Gasteiger partial charge is 0.126 e. The van der Waals surface area contributed by atoms with Crippen molar-refractivity contribution in [1.82, 2.24) is 0 Å². The summed E-state index contributed by atoms with van der Waals surface area (Å²) in [5, 5.41) is 0. The first-order chi connectivity index (χ1) is 4.37. The zero-order chi connectivity index (χ0) is 8.73. The van der Waals surface area contributed by atoms with E-state index in [0.717, 1.165) is 0 Å². The highest BCUT2D eigenvalue weighted by atomic mass is 16.1. The van der Waals surface area contributed by atoms with Gasteiger partial charge in [0.05, 0.1) is 0 Å². The largest absolute Gasteiger partial charge is 0.300 e. The lowest BCUT2D eigenvalue weighted by Gasteiger charge is -1.88. The molecule has 0 atom stereocenters. The molecule has 0 N–H and O–H groups in total. The van der Waals surface area contributed by atoms with Gasteiger partial charge in [-0.25, -0.2) is 0 Å². The summed E-state index contributed by atoms with van der Waals surface area (Å²) in [5.74, 6) is 0.167. The van der Waals surface area contributed by atoms with Crippen LogP contribution in [0.3, 0.4) is 0 Å². The fraction of sp³-hybridized carbons (Fsp3) is 0.700.